The molecule has 0 aliphatic heterocycles. The van der Waals surface area contributed by atoms with Crippen LogP contribution < -0.4 is 0 Å². The van der Waals surface area contributed by atoms with Crippen molar-refractivity contribution >= 4 is 5.78 Å². The van der Waals surface area contributed by atoms with Gasteiger partial charge in [0.05, 0.1) is 23.3 Å². The Kier molecular flexibility index (Phi) is 8.38. The molecular formula is C37H48N2O4. The minimum absolute atomic E-state index is 0.150. The summed E-state index contributed by atoms with van der Waals surface area (Å²) in [5, 5.41) is 20.5. The van der Waals surface area contributed by atoms with Crippen molar-refractivity contribution in [3.8, 4) is 0 Å². The maximum absolute atomic E-state index is 14.0. The molecular weight excluding hydrogens is 536 g/mol. The number of aromatic nitrogens is 2. The number of nitrogens with zero attached hydrogens (tertiary/aromatic N) is 2. The van der Waals surface area contributed by atoms with E-state index in [1.54, 1.807) is 18.7 Å². The molecule has 2 heterocycles. The van der Waals surface area contributed by atoms with E-state index in [1.165, 1.54) is 31.3 Å². The van der Waals surface area contributed by atoms with Gasteiger partial charge in [0, 0.05) is 30.3 Å². The number of carbonyl (C=O) groups is 1. The Hall–Kier alpha value is -2.83. The van der Waals surface area contributed by atoms with E-state index in [2.05, 4.69) is 37.6 Å². The highest BCUT2D eigenvalue weighted by Crippen LogP contribution is 2.61. The Morgan fingerprint density at radius 3 is 2.63 bits per heavy atom. The standard InChI is InChI=1S/C37H48N2O4/c1-23(7-10-32(34(42)27-13-18-38-19-14-27)37(16-17-37)35-39-24(2)22-43-35)30-11-12-31-26(6-5-15-36(30,31)4)8-9-28-20-29(40)21-33(41)25(28)3/h8-9,13-14,18-19,22-23,29-33,40-41H,3,5-7,10-12,15-17,20-21H2,1-2,4H3/b26-8+,28-9-/t23-,29-,30-,31+,32+,33+,36-/m1/s1. The second-order valence-corrected chi connectivity index (χ2v) is 14.3. The van der Waals surface area contributed by atoms with Crippen molar-refractivity contribution in [2.24, 2.45) is 29.1 Å². The number of allylic oxidation sites excluding steroid dienone is 3. The topological polar surface area (TPSA) is 96.5 Å². The molecule has 2 aromatic rings. The van der Waals surface area contributed by atoms with Gasteiger partial charge in [-0.05, 0) is 118 Å². The molecule has 4 aliphatic rings. The van der Waals surface area contributed by atoms with E-state index in [0.29, 0.717) is 30.6 Å². The number of hydrogen-bond acceptors (Lipinski definition) is 6. The minimum Gasteiger partial charge on any atom is -0.448 e. The second-order valence-electron chi connectivity index (χ2n) is 14.3. The molecule has 0 unspecified atom stereocenters. The lowest BCUT2D eigenvalue weighted by molar-refractivity contribution is 0.0792. The number of hydrogen-bond donors (Lipinski definition) is 2. The molecule has 2 aromatic heterocycles. The van der Waals surface area contributed by atoms with Crippen LogP contribution in [0.3, 0.4) is 0 Å². The van der Waals surface area contributed by atoms with Gasteiger partial charge in [-0.25, -0.2) is 4.98 Å². The third-order valence-corrected chi connectivity index (χ3v) is 11.7. The van der Waals surface area contributed by atoms with E-state index < -0.39 is 12.2 Å². The SMILES string of the molecule is C=C1/C(=C\C=C2/CCC[C@]3(C)[C@@H]([C@H](C)CC[C@@H](C(=O)c4ccncc4)C4(c5nc(C)co5)CC4)CC[C@@H]23)C[C@@H](O)C[C@@H]1O. The molecule has 7 atom stereocenters. The van der Waals surface area contributed by atoms with Gasteiger partial charge in [0.25, 0.3) is 0 Å². The normalized spacial score (nSPS) is 33.4. The van der Waals surface area contributed by atoms with Crippen LogP contribution in [0.25, 0.3) is 0 Å². The average Bonchev–Trinajstić information content (AvgIpc) is 3.53. The van der Waals surface area contributed by atoms with Crippen LogP contribution in [-0.2, 0) is 5.41 Å². The minimum atomic E-state index is -0.654. The second kappa shape index (κ2) is 11.9. The van der Waals surface area contributed by atoms with Crippen LogP contribution in [-0.4, -0.2) is 38.2 Å². The van der Waals surface area contributed by atoms with Crippen molar-refractivity contribution in [1.82, 2.24) is 9.97 Å². The van der Waals surface area contributed by atoms with Gasteiger partial charge < -0.3 is 14.6 Å². The molecule has 4 fully saturated rings. The third-order valence-electron chi connectivity index (χ3n) is 11.7. The first-order chi connectivity index (χ1) is 20.6. The first kappa shape index (κ1) is 30.2. The van der Waals surface area contributed by atoms with Gasteiger partial charge in [-0.3, -0.25) is 9.78 Å². The van der Waals surface area contributed by atoms with Crippen LogP contribution in [0.5, 0.6) is 0 Å². The molecule has 0 spiro atoms. The van der Waals surface area contributed by atoms with Crippen molar-refractivity contribution in [3.05, 3.63) is 83.4 Å². The highest BCUT2D eigenvalue weighted by atomic mass is 16.3. The van der Waals surface area contributed by atoms with Crippen molar-refractivity contribution < 1.29 is 19.4 Å². The Morgan fingerprint density at radius 2 is 1.93 bits per heavy atom. The molecule has 0 amide bonds. The summed E-state index contributed by atoms with van der Waals surface area (Å²) in [4.78, 5) is 22.8. The molecule has 0 saturated heterocycles. The summed E-state index contributed by atoms with van der Waals surface area (Å²) in [7, 11) is 0. The Balaban J connectivity index is 1.19. The van der Waals surface area contributed by atoms with Gasteiger partial charge in [0.15, 0.2) is 5.78 Å². The van der Waals surface area contributed by atoms with Gasteiger partial charge >= 0.3 is 0 Å². The maximum Gasteiger partial charge on any atom is 0.201 e. The summed E-state index contributed by atoms with van der Waals surface area (Å²) in [5.41, 5.74) is 4.79. The van der Waals surface area contributed by atoms with Crippen LogP contribution in [0, 0.1) is 36.0 Å². The Labute approximate surface area is 256 Å². The molecule has 230 valence electrons. The molecule has 0 aromatic carbocycles. The van der Waals surface area contributed by atoms with E-state index in [1.807, 2.05) is 19.1 Å². The summed E-state index contributed by atoms with van der Waals surface area (Å²) in [6.45, 7) is 11.0. The first-order valence-electron chi connectivity index (χ1n) is 16.4. The number of oxazole rings is 1. The van der Waals surface area contributed by atoms with Crippen molar-refractivity contribution in [2.45, 2.75) is 109 Å². The van der Waals surface area contributed by atoms with Gasteiger partial charge in [0.1, 0.15) is 6.26 Å². The average molecular weight is 585 g/mol. The van der Waals surface area contributed by atoms with Crippen LogP contribution in [0.1, 0.15) is 106 Å². The molecule has 0 radical (unpaired) electrons. The fourth-order valence-electron chi connectivity index (χ4n) is 9.11. The lowest BCUT2D eigenvalue weighted by Gasteiger charge is -2.44. The van der Waals surface area contributed by atoms with Gasteiger partial charge in [-0.2, -0.15) is 0 Å². The highest BCUT2D eigenvalue weighted by Gasteiger charge is 2.57. The van der Waals surface area contributed by atoms with Crippen molar-refractivity contribution in [3.63, 3.8) is 0 Å². The van der Waals surface area contributed by atoms with Gasteiger partial charge in [-0.1, -0.05) is 38.2 Å². The zero-order valence-electron chi connectivity index (χ0n) is 26.1. The first-order valence-corrected chi connectivity index (χ1v) is 16.4. The third kappa shape index (κ3) is 5.73. The number of aliphatic hydroxyl groups excluding tert-OH is 2. The molecule has 43 heavy (non-hydrogen) atoms. The van der Waals surface area contributed by atoms with Crippen molar-refractivity contribution in [1.29, 1.82) is 0 Å². The van der Waals surface area contributed by atoms with Crippen LogP contribution in [0.4, 0.5) is 0 Å². The number of ketones is 1. The highest BCUT2D eigenvalue weighted by molar-refractivity contribution is 5.99. The number of fused-ring (bicyclic) bond motifs is 1. The van der Waals surface area contributed by atoms with E-state index in [-0.39, 0.29) is 22.5 Å². The lowest BCUT2D eigenvalue weighted by Crippen LogP contribution is -2.36. The van der Waals surface area contributed by atoms with Crippen LogP contribution in [0.15, 0.2) is 70.7 Å². The zero-order valence-corrected chi connectivity index (χ0v) is 26.1. The monoisotopic (exact) mass is 584 g/mol. The van der Waals surface area contributed by atoms with E-state index in [4.69, 9.17) is 9.40 Å². The number of pyridine rings is 1. The van der Waals surface area contributed by atoms with E-state index >= 15 is 0 Å². The number of Topliss-reactive ketones (excluding diaryl/α,β-unsaturated/α-hetero) is 1. The quantitative estimate of drug-likeness (QED) is 0.297. The fraction of sp³-hybridized carbons (Fsp3) is 0.595. The number of aryl methyl sites for hydroxylation is 1. The summed E-state index contributed by atoms with van der Waals surface area (Å²) in [6.07, 6.45) is 19.0. The number of carbonyl (C=O) groups excluding carboxylic acids is 1. The molecule has 4 aliphatic carbocycles. The van der Waals surface area contributed by atoms with E-state index in [0.717, 1.165) is 60.4 Å². The number of rotatable bonds is 9. The predicted octanol–water partition coefficient (Wildman–Crippen LogP) is 7.47. The maximum atomic E-state index is 14.0. The smallest absolute Gasteiger partial charge is 0.201 e. The summed E-state index contributed by atoms with van der Waals surface area (Å²) < 4.78 is 5.93. The Morgan fingerprint density at radius 1 is 1.16 bits per heavy atom. The molecule has 6 nitrogen and oxygen atoms in total. The summed E-state index contributed by atoms with van der Waals surface area (Å²) in [5.74, 6) is 2.44. The molecule has 2 N–H and O–H groups in total. The van der Waals surface area contributed by atoms with Crippen LogP contribution >= 0.6 is 0 Å². The zero-order chi connectivity index (χ0) is 30.4. The molecule has 6 rings (SSSR count). The van der Waals surface area contributed by atoms with E-state index in [9.17, 15) is 15.0 Å². The fourth-order valence-corrected chi connectivity index (χ4v) is 9.11. The Bertz CT molecular complexity index is 1400. The largest absolute Gasteiger partial charge is 0.448 e. The van der Waals surface area contributed by atoms with Crippen LogP contribution in [0.2, 0.25) is 0 Å². The molecule has 6 heteroatoms. The number of aliphatic hydroxyl groups is 2. The molecule has 4 saturated carbocycles. The summed E-state index contributed by atoms with van der Waals surface area (Å²) >= 11 is 0. The lowest BCUT2D eigenvalue weighted by atomic mass is 9.60. The van der Waals surface area contributed by atoms with Gasteiger partial charge in [-0.15, -0.1) is 0 Å². The molecule has 0 bridgehead atoms. The predicted molar refractivity (Wildman–Crippen MR) is 167 cm³/mol. The summed E-state index contributed by atoms with van der Waals surface area (Å²) in [6, 6.07) is 3.68. The van der Waals surface area contributed by atoms with Gasteiger partial charge in [0.2, 0.25) is 5.89 Å². The van der Waals surface area contributed by atoms with Crippen molar-refractivity contribution in [2.75, 3.05) is 0 Å².